The molecule has 3 nitrogen and oxygen atoms in total. The van der Waals surface area contributed by atoms with Gasteiger partial charge in [-0.1, -0.05) is 18.2 Å². The number of amidine groups is 1. The third-order valence-electron chi connectivity index (χ3n) is 3.91. The second-order valence-corrected chi connectivity index (χ2v) is 6.17. The number of nitrogens with zero attached hydrogens (tertiary/aromatic N) is 1. The van der Waals surface area contributed by atoms with Crippen LogP contribution in [-0.2, 0) is 6.42 Å². The molecule has 0 radical (unpaired) electrons. The van der Waals surface area contributed by atoms with Crippen LogP contribution in [0, 0.1) is 5.41 Å². The van der Waals surface area contributed by atoms with Crippen molar-refractivity contribution in [3.63, 3.8) is 0 Å². The Morgan fingerprint density at radius 3 is 2.67 bits per heavy atom. The van der Waals surface area contributed by atoms with Crippen LogP contribution in [0.4, 0.5) is 11.4 Å². The lowest BCUT2D eigenvalue weighted by Crippen LogP contribution is -2.19. The van der Waals surface area contributed by atoms with Crippen LogP contribution >= 0.6 is 15.9 Å². The van der Waals surface area contributed by atoms with Crippen molar-refractivity contribution in [2.24, 2.45) is 5.73 Å². The second kappa shape index (κ2) is 5.90. The van der Waals surface area contributed by atoms with E-state index in [4.69, 9.17) is 11.1 Å². The zero-order chi connectivity index (χ0) is 14.8. The Morgan fingerprint density at radius 2 is 1.90 bits per heavy atom. The number of nitrogens with two attached hydrogens (primary N) is 1. The van der Waals surface area contributed by atoms with E-state index in [0.29, 0.717) is 0 Å². The topological polar surface area (TPSA) is 53.1 Å². The van der Waals surface area contributed by atoms with Crippen LogP contribution in [0.1, 0.15) is 24.0 Å². The van der Waals surface area contributed by atoms with Gasteiger partial charge in [-0.3, -0.25) is 5.41 Å². The maximum atomic E-state index is 7.54. The molecule has 0 fully saturated rings. The molecule has 0 saturated carbocycles. The van der Waals surface area contributed by atoms with Crippen molar-refractivity contribution in [3.8, 4) is 0 Å². The summed E-state index contributed by atoms with van der Waals surface area (Å²) in [5.74, 6) is 0.0958. The van der Waals surface area contributed by atoms with Gasteiger partial charge in [-0.05, 0) is 65.0 Å². The molecule has 0 atom stereocenters. The van der Waals surface area contributed by atoms with Gasteiger partial charge in [0.15, 0.2) is 0 Å². The van der Waals surface area contributed by atoms with Gasteiger partial charge in [0.1, 0.15) is 5.84 Å². The van der Waals surface area contributed by atoms with Crippen LogP contribution in [0.5, 0.6) is 0 Å². The third-order valence-corrected chi connectivity index (χ3v) is 4.54. The molecule has 0 spiro atoms. The van der Waals surface area contributed by atoms with E-state index in [1.54, 1.807) is 0 Å². The standard InChI is InChI=1S/C17H18BrN3/c18-14-11-13(17(19)20)8-9-16(14)21-10-4-3-6-12-5-1-2-7-15(12)21/h1-2,5,7-9,11H,3-4,6,10H2,(H3,19,20). The molecular formula is C17H18BrN3. The third kappa shape index (κ3) is 2.81. The number of para-hydroxylation sites is 1. The van der Waals surface area contributed by atoms with E-state index in [0.717, 1.165) is 28.7 Å². The van der Waals surface area contributed by atoms with Crippen molar-refractivity contribution in [3.05, 3.63) is 58.1 Å². The lowest BCUT2D eigenvalue weighted by atomic mass is 10.1. The molecule has 3 rings (SSSR count). The summed E-state index contributed by atoms with van der Waals surface area (Å²) in [6.07, 6.45) is 3.53. The average molecular weight is 344 g/mol. The van der Waals surface area contributed by atoms with Gasteiger partial charge < -0.3 is 10.6 Å². The minimum absolute atomic E-state index is 0.0958. The molecule has 108 valence electrons. The number of benzene rings is 2. The molecule has 4 heteroatoms. The van der Waals surface area contributed by atoms with E-state index in [1.807, 2.05) is 18.2 Å². The monoisotopic (exact) mass is 343 g/mol. The van der Waals surface area contributed by atoms with Gasteiger partial charge in [0.05, 0.1) is 5.69 Å². The minimum Gasteiger partial charge on any atom is -0.384 e. The van der Waals surface area contributed by atoms with E-state index >= 15 is 0 Å². The molecule has 0 bridgehead atoms. The summed E-state index contributed by atoms with van der Waals surface area (Å²) in [7, 11) is 0. The number of fused-ring (bicyclic) bond motifs is 1. The van der Waals surface area contributed by atoms with Gasteiger partial charge in [0.25, 0.3) is 0 Å². The average Bonchev–Trinajstić information content (AvgIpc) is 2.69. The predicted octanol–water partition coefficient (Wildman–Crippen LogP) is 4.21. The molecule has 0 unspecified atom stereocenters. The number of nitrogen functional groups attached to an aromatic ring is 1. The Balaban J connectivity index is 2.06. The molecule has 1 aliphatic rings. The highest BCUT2D eigenvalue weighted by atomic mass is 79.9. The van der Waals surface area contributed by atoms with Gasteiger partial charge >= 0.3 is 0 Å². The largest absolute Gasteiger partial charge is 0.384 e. The van der Waals surface area contributed by atoms with Crippen LogP contribution < -0.4 is 10.6 Å². The summed E-state index contributed by atoms with van der Waals surface area (Å²) in [6, 6.07) is 14.5. The summed E-state index contributed by atoms with van der Waals surface area (Å²) >= 11 is 3.63. The second-order valence-electron chi connectivity index (χ2n) is 5.32. The smallest absolute Gasteiger partial charge is 0.122 e. The van der Waals surface area contributed by atoms with E-state index in [1.165, 1.54) is 24.1 Å². The Bertz CT molecular complexity index is 681. The SMILES string of the molecule is N=C(N)c1ccc(N2CCCCc3ccccc32)c(Br)c1. The predicted molar refractivity (Wildman–Crippen MR) is 91.5 cm³/mol. The zero-order valence-corrected chi connectivity index (χ0v) is 13.4. The van der Waals surface area contributed by atoms with Crippen LogP contribution in [0.3, 0.4) is 0 Å². The number of hydrogen-bond acceptors (Lipinski definition) is 2. The van der Waals surface area contributed by atoms with Crippen LogP contribution in [0.15, 0.2) is 46.9 Å². The molecule has 3 N–H and O–H groups in total. The van der Waals surface area contributed by atoms with Gasteiger partial charge in [-0.15, -0.1) is 0 Å². The summed E-state index contributed by atoms with van der Waals surface area (Å²) in [6.45, 7) is 1.01. The Morgan fingerprint density at radius 1 is 1.10 bits per heavy atom. The van der Waals surface area contributed by atoms with Crippen molar-refractivity contribution < 1.29 is 0 Å². The summed E-state index contributed by atoms with van der Waals surface area (Å²) in [4.78, 5) is 2.36. The highest BCUT2D eigenvalue weighted by Gasteiger charge is 2.18. The first-order chi connectivity index (χ1) is 10.2. The van der Waals surface area contributed by atoms with Gasteiger partial charge in [0.2, 0.25) is 0 Å². The lowest BCUT2D eigenvalue weighted by molar-refractivity contribution is 0.760. The Labute approximate surface area is 133 Å². The normalized spacial score (nSPS) is 14.4. The first-order valence-electron chi connectivity index (χ1n) is 7.16. The van der Waals surface area contributed by atoms with Crippen molar-refractivity contribution >= 4 is 33.1 Å². The zero-order valence-electron chi connectivity index (χ0n) is 11.8. The number of hydrogen-bond donors (Lipinski definition) is 2. The molecule has 0 saturated heterocycles. The van der Waals surface area contributed by atoms with Crippen molar-refractivity contribution in [1.82, 2.24) is 0 Å². The highest BCUT2D eigenvalue weighted by Crippen LogP contribution is 2.36. The van der Waals surface area contributed by atoms with E-state index in [2.05, 4.69) is 45.1 Å². The molecule has 1 aliphatic heterocycles. The maximum Gasteiger partial charge on any atom is 0.122 e. The fraction of sp³-hybridized carbons (Fsp3) is 0.235. The molecule has 2 aromatic rings. The lowest BCUT2D eigenvalue weighted by Gasteiger charge is -2.26. The number of halogens is 1. The van der Waals surface area contributed by atoms with Crippen molar-refractivity contribution in [2.75, 3.05) is 11.4 Å². The first kappa shape index (κ1) is 14.1. The van der Waals surface area contributed by atoms with Gasteiger partial charge in [0, 0.05) is 22.3 Å². The summed E-state index contributed by atoms with van der Waals surface area (Å²) in [5, 5.41) is 7.54. The minimum atomic E-state index is 0.0958. The maximum absolute atomic E-state index is 7.54. The molecule has 21 heavy (non-hydrogen) atoms. The fourth-order valence-electron chi connectivity index (χ4n) is 2.83. The quantitative estimate of drug-likeness (QED) is 0.633. The molecule has 0 aromatic heterocycles. The van der Waals surface area contributed by atoms with Crippen LogP contribution in [-0.4, -0.2) is 12.4 Å². The Kier molecular flexibility index (Phi) is 3.97. The summed E-state index contributed by atoms with van der Waals surface area (Å²) in [5.41, 5.74) is 10.1. The number of nitrogens with one attached hydrogen (secondary N) is 1. The number of rotatable bonds is 2. The number of aryl methyl sites for hydroxylation is 1. The number of anilines is 2. The Hall–Kier alpha value is -1.81. The molecule has 0 aliphatic carbocycles. The molecule has 0 amide bonds. The van der Waals surface area contributed by atoms with Crippen molar-refractivity contribution in [1.29, 1.82) is 5.41 Å². The van der Waals surface area contributed by atoms with Gasteiger partial charge in [-0.25, -0.2) is 0 Å². The first-order valence-corrected chi connectivity index (χ1v) is 7.95. The van der Waals surface area contributed by atoms with Crippen LogP contribution in [0.2, 0.25) is 0 Å². The van der Waals surface area contributed by atoms with E-state index in [-0.39, 0.29) is 5.84 Å². The molecule has 2 aromatic carbocycles. The van der Waals surface area contributed by atoms with E-state index < -0.39 is 0 Å². The molecular weight excluding hydrogens is 326 g/mol. The van der Waals surface area contributed by atoms with E-state index in [9.17, 15) is 0 Å². The van der Waals surface area contributed by atoms with Crippen molar-refractivity contribution in [2.45, 2.75) is 19.3 Å². The van der Waals surface area contributed by atoms with Crippen LogP contribution in [0.25, 0.3) is 0 Å². The van der Waals surface area contributed by atoms with Gasteiger partial charge in [-0.2, -0.15) is 0 Å². The summed E-state index contributed by atoms with van der Waals surface area (Å²) < 4.78 is 0.979. The molecule has 1 heterocycles. The highest BCUT2D eigenvalue weighted by molar-refractivity contribution is 9.10. The fourth-order valence-corrected chi connectivity index (χ4v) is 3.43.